The summed E-state index contributed by atoms with van der Waals surface area (Å²) in [6, 6.07) is 0. The fraction of sp³-hybridized carbons (Fsp3) is 0.600. The second kappa shape index (κ2) is 3.06. The number of hydrogen-bond acceptors (Lipinski definition) is 1. The normalized spacial score (nSPS) is 42.1. The highest BCUT2D eigenvalue weighted by Gasteiger charge is 2.26. The molecule has 0 aliphatic heterocycles. The highest BCUT2D eigenvalue weighted by molar-refractivity contribution is 7.80. The van der Waals surface area contributed by atoms with E-state index in [1.807, 2.05) is 0 Å². The summed E-state index contributed by atoms with van der Waals surface area (Å²) in [5, 5.41) is 0.646. The van der Waals surface area contributed by atoms with Gasteiger partial charge in [-0.1, -0.05) is 24.3 Å². The topological polar surface area (TPSA) is 0 Å². The van der Waals surface area contributed by atoms with E-state index in [0.29, 0.717) is 5.25 Å². The second-order valence-corrected chi connectivity index (χ2v) is 4.29. The van der Waals surface area contributed by atoms with E-state index in [2.05, 4.69) is 36.9 Å². The molecule has 0 aromatic carbocycles. The van der Waals surface area contributed by atoms with Crippen molar-refractivity contribution < 1.29 is 0 Å². The van der Waals surface area contributed by atoms with Crippen LogP contribution in [0, 0.1) is 11.8 Å². The molecule has 1 fully saturated rings. The van der Waals surface area contributed by atoms with Crippen LogP contribution in [0.15, 0.2) is 24.3 Å². The average molecular weight is 166 g/mol. The van der Waals surface area contributed by atoms with Gasteiger partial charge >= 0.3 is 0 Å². The average Bonchev–Trinajstić information content (AvgIpc) is 2.04. The van der Waals surface area contributed by atoms with Crippen LogP contribution in [-0.2, 0) is 0 Å². The van der Waals surface area contributed by atoms with Gasteiger partial charge in [-0.2, -0.15) is 12.6 Å². The molecule has 3 atom stereocenters. The lowest BCUT2D eigenvalue weighted by molar-refractivity contribution is 0.343. The van der Waals surface area contributed by atoms with Crippen LogP contribution >= 0.6 is 12.6 Å². The summed E-state index contributed by atoms with van der Waals surface area (Å²) in [5.41, 5.74) is 0. The van der Waals surface area contributed by atoms with Gasteiger partial charge in [0.05, 0.1) is 0 Å². The molecule has 0 nitrogen and oxygen atoms in total. The van der Waals surface area contributed by atoms with Crippen LogP contribution in [0.25, 0.3) is 0 Å². The van der Waals surface area contributed by atoms with E-state index in [9.17, 15) is 0 Å². The molecule has 0 aromatic rings. The van der Waals surface area contributed by atoms with Gasteiger partial charge in [0.15, 0.2) is 0 Å². The molecule has 11 heavy (non-hydrogen) atoms. The summed E-state index contributed by atoms with van der Waals surface area (Å²) in [7, 11) is 0. The van der Waals surface area contributed by atoms with Crippen molar-refractivity contribution in [3.63, 3.8) is 0 Å². The predicted octanol–water partition coefficient (Wildman–Crippen LogP) is 2.83. The van der Waals surface area contributed by atoms with Gasteiger partial charge in [-0.05, 0) is 31.1 Å². The lowest BCUT2D eigenvalue weighted by Crippen LogP contribution is -2.23. The Bertz CT molecular complexity index is 193. The van der Waals surface area contributed by atoms with Crippen LogP contribution in [-0.4, -0.2) is 5.25 Å². The largest absolute Gasteiger partial charge is 0.176 e. The maximum Gasteiger partial charge on any atom is 0.00228 e. The van der Waals surface area contributed by atoms with Gasteiger partial charge < -0.3 is 0 Å². The van der Waals surface area contributed by atoms with Gasteiger partial charge in [-0.3, -0.25) is 0 Å². The van der Waals surface area contributed by atoms with Crippen molar-refractivity contribution in [2.24, 2.45) is 11.8 Å². The van der Waals surface area contributed by atoms with Crippen molar-refractivity contribution >= 4 is 12.6 Å². The van der Waals surface area contributed by atoms with E-state index in [4.69, 9.17) is 0 Å². The zero-order chi connectivity index (χ0) is 7.68. The minimum Gasteiger partial charge on any atom is -0.176 e. The summed E-state index contributed by atoms with van der Waals surface area (Å²) in [6.07, 6.45) is 12.9. The Labute approximate surface area is 73.8 Å². The van der Waals surface area contributed by atoms with Gasteiger partial charge in [0.25, 0.3) is 0 Å². The Morgan fingerprint density at radius 2 is 1.73 bits per heavy atom. The smallest absolute Gasteiger partial charge is 0.00228 e. The predicted molar refractivity (Wildman–Crippen MR) is 51.9 cm³/mol. The highest BCUT2D eigenvalue weighted by atomic mass is 32.1. The van der Waals surface area contributed by atoms with Crippen LogP contribution in [0.4, 0.5) is 0 Å². The summed E-state index contributed by atoms with van der Waals surface area (Å²) in [5.74, 6) is 1.61. The quantitative estimate of drug-likeness (QED) is 0.526. The third-order valence-corrected chi connectivity index (χ3v) is 3.22. The van der Waals surface area contributed by atoms with Crippen LogP contribution < -0.4 is 0 Å². The molecule has 0 N–H and O–H groups in total. The summed E-state index contributed by atoms with van der Waals surface area (Å²) in [6.45, 7) is 0. The number of thiol groups is 1. The van der Waals surface area contributed by atoms with Crippen LogP contribution in [0.5, 0.6) is 0 Å². The summed E-state index contributed by atoms with van der Waals surface area (Å²) in [4.78, 5) is 0. The van der Waals surface area contributed by atoms with Crippen LogP contribution in [0.2, 0.25) is 0 Å². The first kappa shape index (κ1) is 7.48. The maximum absolute atomic E-state index is 4.52. The first-order chi connectivity index (χ1) is 5.36. The van der Waals surface area contributed by atoms with Gasteiger partial charge in [0, 0.05) is 5.25 Å². The van der Waals surface area contributed by atoms with Crippen molar-refractivity contribution in [3.05, 3.63) is 24.3 Å². The lowest BCUT2D eigenvalue weighted by Gasteiger charge is -2.32. The van der Waals surface area contributed by atoms with Crippen LogP contribution in [0.3, 0.4) is 0 Å². The monoisotopic (exact) mass is 166 g/mol. The zero-order valence-electron chi connectivity index (χ0n) is 6.61. The van der Waals surface area contributed by atoms with Crippen molar-refractivity contribution in [3.8, 4) is 0 Å². The number of allylic oxidation sites excluding steroid dienone is 4. The lowest BCUT2D eigenvalue weighted by atomic mass is 9.77. The van der Waals surface area contributed by atoms with E-state index >= 15 is 0 Å². The minimum atomic E-state index is 0.646. The molecule has 0 amide bonds. The standard InChI is InChI=1S/C10H14S/c11-10-6-5-8-3-1-2-4-9(8)7-10/h1-4,8-11H,5-7H2. The Hall–Kier alpha value is -0.170. The number of fused-ring (bicyclic) bond motifs is 1. The first-order valence-electron chi connectivity index (χ1n) is 4.39. The molecule has 0 heterocycles. The van der Waals surface area contributed by atoms with Gasteiger partial charge in [-0.25, -0.2) is 0 Å². The van der Waals surface area contributed by atoms with Gasteiger partial charge in [0.2, 0.25) is 0 Å². The Morgan fingerprint density at radius 1 is 1.00 bits per heavy atom. The third-order valence-electron chi connectivity index (χ3n) is 2.76. The van der Waals surface area contributed by atoms with E-state index in [1.54, 1.807) is 0 Å². The second-order valence-electron chi connectivity index (χ2n) is 3.56. The molecular weight excluding hydrogens is 152 g/mol. The molecule has 3 unspecified atom stereocenters. The molecule has 1 heteroatoms. The third kappa shape index (κ3) is 1.53. The van der Waals surface area contributed by atoms with Crippen LogP contribution in [0.1, 0.15) is 19.3 Å². The zero-order valence-corrected chi connectivity index (χ0v) is 7.50. The highest BCUT2D eigenvalue weighted by Crippen LogP contribution is 2.35. The first-order valence-corrected chi connectivity index (χ1v) is 4.91. The molecule has 0 radical (unpaired) electrons. The Morgan fingerprint density at radius 3 is 2.55 bits per heavy atom. The van der Waals surface area contributed by atoms with Crippen molar-refractivity contribution in [2.45, 2.75) is 24.5 Å². The molecule has 0 spiro atoms. The van der Waals surface area contributed by atoms with Crippen molar-refractivity contribution in [2.75, 3.05) is 0 Å². The molecular formula is C10H14S. The van der Waals surface area contributed by atoms with Crippen molar-refractivity contribution in [1.82, 2.24) is 0 Å². The molecule has 2 aliphatic carbocycles. The van der Waals surface area contributed by atoms with E-state index in [-0.39, 0.29) is 0 Å². The summed E-state index contributed by atoms with van der Waals surface area (Å²) >= 11 is 4.52. The molecule has 1 saturated carbocycles. The van der Waals surface area contributed by atoms with Gasteiger partial charge in [0.1, 0.15) is 0 Å². The minimum absolute atomic E-state index is 0.646. The van der Waals surface area contributed by atoms with E-state index in [1.165, 1.54) is 19.3 Å². The summed E-state index contributed by atoms with van der Waals surface area (Å²) < 4.78 is 0. The van der Waals surface area contributed by atoms with E-state index < -0.39 is 0 Å². The van der Waals surface area contributed by atoms with E-state index in [0.717, 1.165) is 11.8 Å². The molecule has 60 valence electrons. The molecule has 0 aromatic heterocycles. The fourth-order valence-electron chi connectivity index (χ4n) is 2.08. The van der Waals surface area contributed by atoms with Gasteiger partial charge in [-0.15, -0.1) is 0 Å². The fourth-order valence-corrected chi connectivity index (χ4v) is 2.47. The number of hydrogen-bond donors (Lipinski definition) is 1. The molecule has 2 aliphatic rings. The van der Waals surface area contributed by atoms with Crippen molar-refractivity contribution in [1.29, 1.82) is 0 Å². The maximum atomic E-state index is 4.52. The Balaban J connectivity index is 2.07. The molecule has 0 saturated heterocycles. The number of rotatable bonds is 0. The molecule has 2 rings (SSSR count). The SMILES string of the molecule is SC1CCC2C=CC=CC2C1. The molecule has 0 bridgehead atoms. The Kier molecular flexibility index (Phi) is 2.08.